The molecule has 0 bridgehead atoms. The van der Waals surface area contributed by atoms with E-state index < -0.39 is 0 Å². The number of pyridine rings is 1. The summed E-state index contributed by atoms with van der Waals surface area (Å²) >= 11 is 0. The van der Waals surface area contributed by atoms with E-state index >= 15 is 0 Å². The molecule has 0 atom stereocenters. The van der Waals surface area contributed by atoms with Crippen LogP contribution in [0, 0.1) is 0 Å². The molecule has 0 aliphatic rings. The van der Waals surface area contributed by atoms with Crippen molar-refractivity contribution in [2.75, 3.05) is 10.6 Å². The minimum absolute atomic E-state index is 0.0102. The highest BCUT2D eigenvalue weighted by Gasteiger charge is 2.29. The minimum atomic E-state index is -0.321. The van der Waals surface area contributed by atoms with Gasteiger partial charge >= 0.3 is 0 Å². The van der Waals surface area contributed by atoms with E-state index in [2.05, 4.69) is 227 Å². The van der Waals surface area contributed by atoms with Crippen molar-refractivity contribution in [1.82, 2.24) is 9.55 Å². The standard InChI is InChI=1S/C54H64N4/c1-50(2,3)35-28-29-55-48(34-35)58-46-25-18-15-20-40(46)41-27-26-36(33-47(41)58)54(13,14)38-30-37(51(4,5)6)31-39(32-38)56-44-23-16-17-24-45(44)57-49-42(52(7,8)9)21-19-22-43(49)53(10,11)12/h15-34,56-57H,1-14H3. The molecule has 58 heavy (non-hydrogen) atoms. The van der Waals surface area contributed by atoms with Crippen molar-refractivity contribution in [3.8, 4) is 5.82 Å². The molecule has 2 heterocycles. The van der Waals surface area contributed by atoms with E-state index in [0.717, 1.165) is 22.9 Å². The molecule has 5 aromatic carbocycles. The van der Waals surface area contributed by atoms with Crippen LogP contribution in [-0.2, 0) is 27.1 Å². The lowest BCUT2D eigenvalue weighted by Gasteiger charge is -2.31. The normalized spacial score (nSPS) is 13.0. The third-order valence-electron chi connectivity index (χ3n) is 11.9. The Hall–Kier alpha value is -5.35. The van der Waals surface area contributed by atoms with E-state index in [4.69, 9.17) is 4.98 Å². The van der Waals surface area contributed by atoms with Gasteiger partial charge in [-0.2, -0.15) is 0 Å². The maximum atomic E-state index is 4.95. The van der Waals surface area contributed by atoms with Crippen LogP contribution in [0.25, 0.3) is 27.6 Å². The fourth-order valence-electron chi connectivity index (χ4n) is 8.20. The molecular weight excluding hydrogens is 705 g/mol. The van der Waals surface area contributed by atoms with Gasteiger partial charge in [-0.15, -0.1) is 0 Å². The lowest BCUT2D eigenvalue weighted by atomic mass is 9.75. The zero-order valence-corrected chi connectivity index (χ0v) is 37.4. The van der Waals surface area contributed by atoms with Crippen LogP contribution < -0.4 is 10.6 Å². The second kappa shape index (κ2) is 14.5. The van der Waals surface area contributed by atoms with Crippen LogP contribution in [-0.4, -0.2) is 9.55 Å². The summed E-state index contributed by atoms with van der Waals surface area (Å²) in [5, 5.41) is 10.3. The Morgan fingerprint density at radius 1 is 0.431 bits per heavy atom. The number of benzene rings is 5. The topological polar surface area (TPSA) is 41.9 Å². The lowest BCUT2D eigenvalue weighted by molar-refractivity contribution is 0.572. The molecule has 0 radical (unpaired) electrons. The van der Waals surface area contributed by atoms with Gasteiger partial charge in [0.1, 0.15) is 5.82 Å². The number of nitrogens with one attached hydrogen (secondary N) is 2. The third-order valence-corrected chi connectivity index (χ3v) is 11.9. The maximum absolute atomic E-state index is 4.95. The van der Waals surface area contributed by atoms with E-state index in [1.807, 2.05) is 6.20 Å². The summed E-state index contributed by atoms with van der Waals surface area (Å²) in [6.45, 7) is 32.2. The molecule has 0 saturated heterocycles. The van der Waals surface area contributed by atoms with Crippen molar-refractivity contribution < 1.29 is 0 Å². The summed E-state index contributed by atoms with van der Waals surface area (Å²) in [5.41, 5.74) is 13.9. The van der Waals surface area contributed by atoms with Crippen molar-refractivity contribution in [3.05, 3.63) is 155 Å². The van der Waals surface area contributed by atoms with Crippen LogP contribution in [0.4, 0.5) is 22.7 Å². The summed E-state index contributed by atoms with van der Waals surface area (Å²) in [6.07, 6.45) is 1.96. The number of hydrogen-bond donors (Lipinski definition) is 2. The molecular formula is C54H64N4. The Morgan fingerprint density at radius 2 is 1.00 bits per heavy atom. The molecule has 0 aliphatic heterocycles. The lowest BCUT2D eigenvalue weighted by Crippen LogP contribution is -2.21. The summed E-state index contributed by atoms with van der Waals surface area (Å²) in [6, 6.07) is 42.6. The molecule has 7 aromatic rings. The second-order valence-electron chi connectivity index (χ2n) is 20.9. The van der Waals surface area contributed by atoms with Crippen molar-refractivity contribution in [2.45, 2.75) is 124 Å². The molecule has 300 valence electrons. The van der Waals surface area contributed by atoms with E-state index in [1.165, 1.54) is 60.9 Å². The van der Waals surface area contributed by atoms with Gasteiger partial charge in [-0.05, 0) is 104 Å². The number of anilines is 4. The van der Waals surface area contributed by atoms with Crippen LogP contribution in [0.3, 0.4) is 0 Å². The van der Waals surface area contributed by atoms with E-state index in [9.17, 15) is 0 Å². The SMILES string of the molecule is CC(C)(C)c1cc(Nc2ccccc2Nc2c(C(C)(C)C)cccc2C(C)(C)C)cc(C(C)(C)c2ccc3c4ccccc4n(-c4cc(C(C)(C)C)ccn4)c3c2)c1. The predicted molar refractivity (Wildman–Crippen MR) is 251 cm³/mol. The third kappa shape index (κ3) is 7.91. The van der Waals surface area contributed by atoms with Crippen LogP contribution >= 0.6 is 0 Å². The Kier molecular flexibility index (Phi) is 10.2. The van der Waals surface area contributed by atoms with Gasteiger partial charge in [-0.1, -0.05) is 164 Å². The minimum Gasteiger partial charge on any atom is -0.354 e. The van der Waals surface area contributed by atoms with Gasteiger partial charge < -0.3 is 10.6 Å². The first-order valence-electron chi connectivity index (χ1n) is 21.0. The molecule has 4 nitrogen and oxygen atoms in total. The van der Waals surface area contributed by atoms with Crippen molar-refractivity contribution >= 4 is 44.6 Å². The summed E-state index contributed by atoms with van der Waals surface area (Å²) in [5.74, 6) is 0.946. The molecule has 7 rings (SSSR count). The van der Waals surface area contributed by atoms with Gasteiger partial charge in [0.2, 0.25) is 0 Å². The molecule has 0 unspecified atom stereocenters. The fraction of sp³-hybridized carbons (Fsp3) is 0.352. The monoisotopic (exact) mass is 769 g/mol. The molecule has 0 spiro atoms. The molecule has 4 heteroatoms. The second-order valence-corrected chi connectivity index (χ2v) is 20.9. The van der Waals surface area contributed by atoms with Gasteiger partial charge in [-0.25, -0.2) is 4.98 Å². The summed E-state index contributed by atoms with van der Waals surface area (Å²) in [4.78, 5) is 4.95. The van der Waals surface area contributed by atoms with Crippen molar-refractivity contribution in [2.24, 2.45) is 0 Å². The summed E-state index contributed by atoms with van der Waals surface area (Å²) < 4.78 is 2.35. The highest BCUT2D eigenvalue weighted by atomic mass is 15.1. The molecule has 0 amide bonds. The Labute approximate surface area is 348 Å². The Bertz CT molecular complexity index is 2590. The summed E-state index contributed by atoms with van der Waals surface area (Å²) in [7, 11) is 0. The maximum Gasteiger partial charge on any atom is 0.137 e. The van der Waals surface area contributed by atoms with Gasteiger partial charge in [0.25, 0.3) is 0 Å². The molecule has 2 N–H and O–H groups in total. The first-order chi connectivity index (χ1) is 27.0. The average molecular weight is 769 g/mol. The highest BCUT2D eigenvalue weighted by molar-refractivity contribution is 6.09. The largest absolute Gasteiger partial charge is 0.354 e. The highest BCUT2D eigenvalue weighted by Crippen LogP contribution is 2.43. The van der Waals surface area contributed by atoms with Gasteiger partial charge in [0.15, 0.2) is 0 Å². The molecule has 0 fully saturated rings. The Morgan fingerprint density at radius 3 is 1.62 bits per heavy atom. The zero-order valence-electron chi connectivity index (χ0n) is 37.4. The van der Waals surface area contributed by atoms with E-state index in [-0.39, 0.29) is 27.1 Å². The van der Waals surface area contributed by atoms with Crippen molar-refractivity contribution in [1.29, 1.82) is 0 Å². The Balaban J connectivity index is 1.34. The zero-order chi connectivity index (χ0) is 42.0. The predicted octanol–water partition coefficient (Wildman–Crippen LogP) is 15.2. The van der Waals surface area contributed by atoms with E-state index in [0.29, 0.717) is 0 Å². The fourth-order valence-corrected chi connectivity index (χ4v) is 8.20. The van der Waals surface area contributed by atoms with Crippen LogP contribution in [0.1, 0.15) is 130 Å². The van der Waals surface area contributed by atoms with Gasteiger partial charge in [0, 0.05) is 33.8 Å². The number of para-hydroxylation sites is 4. The van der Waals surface area contributed by atoms with Gasteiger partial charge in [-0.3, -0.25) is 4.57 Å². The number of nitrogens with zero attached hydrogens (tertiary/aromatic N) is 2. The number of aromatic nitrogens is 2. The van der Waals surface area contributed by atoms with Crippen molar-refractivity contribution in [3.63, 3.8) is 0 Å². The first-order valence-corrected chi connectivity index (χ1v) is 21.0. The van der Waals surface area contributed by atoms with Crippen LogP contribution in [0.15, 0.2) is 121 Å². The van der Waals surface area contributed by atoms with Gasteiger partial charge in [0.05, 0.1) is 22.4 Å². The quantitative estimate of drug-likeness (QED) is 0.170. The number of fused-ring (bicyclic) bond motifs is 3. The van der Waals surface area contributed by atoms with Crippen LogP contribution in [0.5, 0.6) is 0 Å². The van der Waals surface area contributed by atoms with Crippen LogP contribution in [0.2, 0.25) is 0 Å². The van der Waals surface area contributed by atoms with E-state index in [1.54, 1.807) is 0 Å². The molecule has 0 saturated carbocycles. The number of rotatable bonds is 7. The molecule has 0 aliphatic carbocycles. The smallest absolute Gasteiger partial charge is 0.137 e. The average Bonchev–Trinajstić information content (AvgIpc) is 3.48. The number of hydrogen-bond acceptors (Lipinski definition) is 3. The molecule has 2 aromatic heterocycles. The first kappa shape index (κ1) is 40.8.